The molecule has 1 saturated heterocycles. The van der Waals surface area contributed by atoms with E-state index in [1.165, 1.54) is 17.8 Å². The highest BCUT2D eigenvalue weighted by Crippen LogP contribution is 2.25. The van der Waals surface area contributed by atoms with Crippen molar-refractivity contribution >= 4 is 33.9 Å². The van der Waals surface area contributed by atoms with Gasteiger partial charge in [0.2, 0.25) is 0 Å². The fraction of sp³-hybridized carbons (Fsp3) is 0.429. The number of nitrogens with one attached hydrogen (secondary N) is 1. The van der Waals surface area contributed by atoms with Crippen LogP contribution in [0.4, 0.5) is 16.6 Å². The summed E-state index contributed by atoms with van der Waals surface area (Å²) in [6.07, 6.45) is 6.87. The number of carbonyl (C=O) groups is 1. The zero-order chi connectivity index (χ0) is 15.5. The molecule has 22 heavy (non-hydrogen) atoms. The van der Waals surface area contributed by atoms with Gasteiger partial charge >= 0.3 is 0 Å². The highest BCUT2D eigenvalue weighted by Gasteiger charge is 2.18. The van der Waals surface area contributed by atoms with E-state index in [0.717, 1.165) is 41.8 Å². The normalized spacial score (nSPS) is 14.9. The van der Waals surface area contributed by atoms with Gasteiger partial charge in [-0.25, -0.2) is 15.0 Å². The van der Waals surface area contributed by atoms with Crippen molar-refractivity contribution in [3.05, 3.63) is 23.1 Å². The number of hydrogen-bond donors (Lipinski definition) is 2. The van der Waals surface area contributed by atoms with Crippen molar-refractivity contribution in [3.63, 3.8) is 0 Å². The molecule has 0 unspecified atom stereocenters. The lowest BCUT2D eigenvalue weighted by atomic mass is 10.1. The summed E-state index contributed by atoms with van der Waals surface area (Å²) in [4.78, 5) is 26.7. The molecule has 0 bridgehead atoms. The van der Waals surface area contributed by atoms with E-state index >= 15 is 0 Å². The lowest BCUT2D eigenvalue weighted by molar-refractivity contribution is 0.0996. The van der Waals surface area contributed by atoms with Gasteiger partial charge in [0.25, 0.3) is 5.91 Å². The van der Waals surface area contributed by atoms with Crippen LogP contribution in [0, 0.1) is 6.92 Å². The Balaban J connectivity index is 1.91. The molecular formula is C14H18N6OS. The van der Waals surface area contributed by atoms with Crippen LogP contribution < -0.4 is 16.0 Å². The minimum atomic E-state index is -0.596. The van der Waals surface area contributed by atoms with Crippen LogP contribution in [0.5, 0.6) is 0 Å². The maximum Gasteiger partial charge on any atom is 0.271 e. The van der Waals surface area contributed by atoms with Crippen molar-refractivity contribution in [1.29, 1.82) is 0 Å². The molecule has 7 nitrogen and oxygen atoms in total. The van der Waals surface area contributed by atoms with E-state index in [0.29, 0.717) is 5.82 Å². The van der Waals surface area contributed by atoms with Crippen LogP contribution in [-0.2, 0) is 0 Å². The van der Waals surface area contributed by atoms with E-state index in [-0.39, 0.29) is 5.69 Å². The Kier molecular flexibility index (Phi) is 4.19. The Hall–Kier alpha value is -2.22. The van der Waals surface area contributed by atoms with Gasteiger partial charge in [0.05, 0.1) is 17.4 Å². The van der Waals surface area contributed by atoms with Crippen LogP contribution in [0.3, 0.4) is 0 Å². The van der Waals surface area contributed by atoms with Crippen molar-refractivity contribution in [1.82, 2.24) is 15.0 Å². The second kappa shape index (κ2) is 6.27. The summed E-state index contributed by atoms with van der Waals surface area (Å²) >= 11 is 1.49. The monoisotopic (exact) mass is 318 g/mol. The number of rotatable bonds is 4. The molecule has 3 heterocycles. The quantitative estimate of drug-likeness (QED) is 0.896. The molecule has 3 rings (SSSR count). The van der Waals surface area contributed by atoms with Gasteiger partial charge in [-0.05, 0) is 26.2 Å². The Morgan fingerprint density at radius 3 is 2.68 bits per heavy atom. The number of nitrogens with two attached hydrogens (primary N) is 1. The van der Waals surface area contributed by atoms with Crippen molar-refractivity contribution in [2.24, 2.45) is 5.73 Å². The van der Waals surface area contributed by atoms with Crippen LogP contribution in [0.1, 0.15) is 34.8 Å². The number of anilines is 3. The summed E-state index contributed by atoms with van der Waals surface area (Å²) in [6.45, 7) is 3.84. The zero-order valence-electron chi connectivity index (χ0n) is 12.4. The maximum absolute atomic E-state index is 11.6. The predicted molar refractivity (Wildman–Crippen MR) is 86.7 cm³/mol. The summed E-state index contributed by atoms with van der Waals surface area (Å²) < 4.78 is 0. The zero-order valence-corrected chi connectivity index (χ0v) is 13.2. The number of aromatic nitrogens is 3. The molecule has 3 N–H and O–H groups in total. The molecule has 0 aliphatic carbocycles. The summed E-state index contributed by atoms with van der Waals surface area (Å²) in [5, 5.41) is 4.85. The molecule has 1 amide bonds. The van der Waals surface area contributed by atoms with Crippen LogP contribution in [0.15, 0.2) is 12.4 Å². The minimum Gasteiger partial charge on any atom is -0.364 e. The number of carbonyl (C=O) groups excluding carboxylic acids is 1. The van der Waals surface area contributed by atoms with Crippen LogP contribution in [-0.4, -0.2) is 33.9 Å². The first kappa shape index (κ1) is 14.7. The third kappa shape index (κ3) is 3.16. The first-order valence-electron chi connectivity index (χ1n) is 7.25. The third-order valence-electron chi connectivity index (χ3n) is 3.54. The SMILES string of the molecule is Cc1ncc(Nc2nc(N3CCCCC3)cnc2C(N)=O)s1. The molecule has 8 heteroatoms. The first-order valence-corrected chi connectivity index (χ1v) is 8.06. The minimum absolute atomic E-state index is 0.145. The van der Waals surface area contributed by atoms with Crippen LogP contribution >= 0.6 is 11.3 Å². The maximum atomic E-state index is 11.6. The lowest BCUT2D eigenvalue weighted by Crippen LogP contribution is -2.30. The Labute approximate surface area is 132 Å². The Morgan fingerprint density at radius 1 is 1.27 bits per heavy atom. The van der Waals surface area contributed by atoms with E-state index in [9.17, 15) is 4.79 Å². The summed E-state index contributed by atoms with van der Waals surface area (Å²) in [5.74, 6) is 0.564. The first-order chi connectivity index (χ1) is 10.6. The lowest BCUT2D eigenvalue weighted by Gasteiger charge is -2.27. The summed E-state index contributed by atoms with van der Waals surface area (Å²) in [5.41, 5.74) is 5.54. The number of aryl methyl sites for hydroxylation is 1. The molecule has 0 spiro atoms. The topological polar surface area (TPSA) is 97.0 Å². The van der Waals surface area contributed by atoms with Gasteiger partial charge in [-0.3, -0.25) is 4.79 Å². The molecule has 116 valence electrons. The van der Waals surface area contributed by atoms with Gasteiger partial charge in [0.1, 0.15) is 10.8 Å². The predicted octanol–water partition coefficient (Wildman–Crippen LogP) is 2.07. The van der Waals surface area contributed by atoms with Gasteiger partial charge in [0, 0.05) is 13.1 Å². The number of primary amides is 1. The Bertz CT molecular complexity index is 680. The molecule has 1 fully saturated rings. The highest BCUT2D eigenvalue weighted by molar-refractivity contribution is 7.15. The fourth-order valence-corrected chi connectivity index (χ4v) is 3.14. The number of amides is 1. The molecule has 0 atom stereocenters. The largest absolute Gasteiger partial charge is 0.364 e. The van der Waals surface area contributed by atoms with Crippen molar-refractivity contribution in [3.8, 4) is 0 Å². The molecular weight excluding hydrogens is 300 g/mol. The third-order valence-corrected chi connectivity index (χ3v) is 4.36. The van der Waals surface area contributed by atoms with Gasteiger partial charge in [-0.2, -0.15) is 0 Å². The average molecular weight is 318 g/mol. The average Bonchev–Trinajstić information content (AvgIpc) is 2.93. The van der Waals surface area contributed by atoms with Crippen molar-refractivity contribution in [2.45, 2.75) is 26.2 Å². The second-order valence-electron chi connectivity index (χ2n) is 5.21. The van der Waals surface area contributed by atoms with E-state index in [2.05, 4.69) is 25.2 Å². The number of thiazole rings is 1. The van der Waals surface area contributed by atoms with E-state index in [4.69, 9.17) is 5.73 Å². The highest BCUT2D eigenvalue weighted by atomic mass is 32.1. The molecule has 0 aromatic carbocycles. The standard InChI is InChI=1S/C14H18N6OS/c1-9-16-8-11(22-9)19-14-12(13(15)21)17-7-10(18-14)20-5-3-2-4-6-20/h7-8H,2-6H2,1H3,(H2,15,21)(H,18,19). The number of piperidine rings is 1. The molecule has 0 saturated carbocycles. The molecule has 2 aromatic rings. The summed E-state index contributed by atoms with van der Waals surface area (Å²) in [7, 11) is 0. The van der Waals surface area contributed by atoms with Gasteiger partial charge in [-0.1, -0.05) is 0 Å². The number of hydrogen-bond acceptors (Lipinski definition) is 7. The van der Waals surface area contributed by atoms with Crippen molar-refractivity contribution < 1.29 is 4.79 Å². The Morgan fingerprint density at radius 2 is 2.05 bits per heavy atom. The smallest absolute Gasteiger partial charge is 0.271 e. The van der Waals surface area contributed by atoms with E-state index in [1.807, 2.05) is 6.92 Å². The number of nitrogens with zero attached hydrogens (tertiary/aromatic N) is 4. The molecule has 1 aliphatic heterocycles. The molecule has 2 aromatic heterocycles. The van der Waals surface area contributed by atoms with Crippen molar-refractivity contribution in [2.75, 3.05) is 23.3 Å². The fourth-order valence-electron chi connectivity index (χ4n) is 2.46. The second-order valence-corrected chi connectivity index (χ2v) is 6.44. The van der Waals surface area contributed by atoms with Gasteiger partial charge < -0.3 is 16.0 Å². The molecule has 0 radical (unpaired) electrons. The van der Waals surface area contributed by atoms with Crippen LogP contribution in [0.2, 0.25) is 0 Å². The molecule has 1 aliphatic rings. The van der Waals surface area contributed by atoms with Crippen LogP contribution in [0.25, 0.3) is 0 Å². The van der Waals surface area contributed by atoms with E-state index < -0.39 is 5.91 Å². The van der Waals surface area contributed by atoms with Gasteiger partial charge in [-0.15, -0.1) is 11.3 Å². The van der Waals surface area contributed by atoms with E-state index in [1.54, 1.807) is 12.4 Å². The van der Waals surface area contributed by atoms with Gasteiger partial charge in [0.15, 0.2) is 11.5 Å². The summed E-state index contributed by atoms with van der Waals surface area (Å²) in [6, 6.07) is 0.